The molecular formula is C17H15N3O4. The van der Waals surface area contributed by atoms with E-state index in [-0.39, 0.29) is 11.8 Å². The van der Waals surface area contributed by atoms with Crippen molar-refractivity contribution >= 4 is 5.91 Å². The van der Waals surface area contributed by atoms with E-state index in [0.29, 0.717) is 36.1 Å². The number of nitrogens with zero attached hydrogens (tertiary/aromatic N) is 3. The van der Waals surface area contributed by atoms with Crippen molar-refractivity contribution in [3.05, 3.63) is 54.1 Å². The molecule has 1 aliphatic heterocycles. The highest BCUT2D eigenvalue weighted by Crippen LogP contribution is 2.29. The van der Waals surface area contributed by atoms with Crippen LogP contribution in [-0.4, -0.2) is 41.1 Å². The van der Waals surface area contributed by atoms with E-state index in [4.69, 9.17) is 13.7 Å². The Balaban J connectivity index is 1.40. The third-order valence-electron chi connectivity index (χ3n) is 4.04. The van der Waals surface area contributed by atoms with E-state index in [9.17, 15) is 4.79 Å². The zero-order valence-electron chi connectivity index (χ0n) is 13.0. The summed E-state index contributed by atoms with van der Waals surface area (Å²) in [6.45, 7) is 1.12. The van der Waals surface area contributed by atoms with Crippen LogP contribution in [0.25, 0.3) is 11.6 Å². The smallest absolute Gasteiger partial charge is 0.253 e. The van der Waals surface area contributed by atoms with Crippen LogP contribution in [0, 0.1) is 0 Å². The molecule has 3 aromatic rings. The van der Waals surface area contributed by atoms with Crippen LogP contribution in [0.15, 0.2) is 51.6 Å². The molecule has 0 atom stereocenters. The van der Waals surface area contributed by atoms with Gasteiger partial charge in [0.15, 0.2) is 5.76 Å². The lowest BCUT2D eigenvalue weighted by Gasteiger charge is -2.37. The lowest BCUT2D eigenvalue weighted by molar-refractivity contribution is 0.0569. The average Bonchev–Trinajstić information content (AvgIpc) is 3.25. The van der Waals surface area contributed by atoms with E-state index in [1.807, 2.05) is 0 Å². The Morgan fingerprint density at radius 2 is 2.04 bits per heavy atom. The number of methoxy groups -OCH3 is 1. The predicted octanol–water partition coefficient (Wildman–Crippen LogP) is 2.58. The third-order valence-corrected chi connectivity index (χ3v) is 4.04. The van der Waals surface area contributed by atoms with Crippen LogP contribution < -0.4 is 4.74 Å². The quantitative estimate of drug-likeness (QED) is 0.733. The zero-order chi connectivity index (χ0) is 16.5. The molecule has 0 N–H and O–H groups in total. The summed E-state index contributed by atoms with van der Waals surface area (Å²) >= 11 is 0. The van der Waals surface area contributed by atoms with Crippen LogP contribution in [-0.2, 0) is 0 Å². The van der Waals surface area contributed by atoms with E-state index in [1.54, 1.807) is 54.7 Å². The van der Waals surface area contributed by atoms with Crippen molar-refractivity contribution in [3.8, 4) is 17.3 Å². The number of rotatable bonds is 4. The topological polar surface area (TPSA) is 81.6 Å². The van der Waals surface area contributed by atoms with E-state index < -0.39 is 0 Å². The van der Waals surface area contributed by atoms with E-state index in [0.717, 1.165) is 5.75 Å². The molecule has 7 nitrogen and oxygen atoms in total. The molecule has 0 unspecified atom stereocenters. The van der Waals surface area contributed by atoms with E-state index in [1.165, 1.54) is 0 Å². The molecule has 1 fully saturated rings. The molecule has 4 rings (SSSR count). The Kier molecular flexibility index (Phi) is 3.53. The highest BCUT2D eigenvalue weighted by molar-refractivity contribution is 5.95. The van der Waals surface area contributed by atoms with Crippen LogP contribution in [0.3, 0.4) is 0 Å². The zero-order valence-corrected chi connectivity index (χ0v) is 13.0. The molecule has 0 radical (unpaired) electrons. The number of benzene rings is 1. The van der Waals surface area contributed by atoms with Crippen LogP contribution in [0.1, 0.15) is 22.2 Å². The first-order valence-electron chi connectivity index (χ1n) is 7.55. The van der Waals surface area contributed by atoms with Gasteiger partial charge in [-0.2, -0.15) is 4.98 Å². The number of ether oxygens (including phenoxy) is 1. The summed E-state index contributed by atoms with van der Waals surface area (Å²) < 4.78 is 15.6. The van der Waals surface area contributed by atoms with Crippen molar-refractivity contribution < 1.29 is 18.5 Å². The van der Waals surface area contributed by atoms with Gasteiger partial charge in [0.05, 0.1) is 19.3 Å². The van der Waals surface area contributed by atoms with Gasteiger partial charge in [-0.15, -0.1) is 0 Å². The second-order valence-electron chi connectivity index (χ2n) is 5.57. The number of carbonyl (C=O) groups is 1. The first-order chi connectivity index (χ1) is 11.7. The van der Waals surface area contributed by atoms with Gasteiger partial charge in [0.25, 0.3) is 5.91 Å². The van der Waals surface area contributed by atoms with Crippen molar-refractivity contribution in [1.29, 1.82) is 0 Å². The summed E-state index contributed by atoms with van der Waals surface area (Å²) in [7, 11) is 1.60. The summed E-state index contributed by atoms with van der Waals surface area (Å²) in [4.78, 5) is 18.5. The van der Waals surface area contributed by atoms with Crippen molar-refractivity contribution in [2.75, 3.05) is 20.2 Å². The first-order valence-corrected chi connectivity index (χ1v) is 7.55. The maximum absolute atomic E-state index is 12.4. The van der Waals surface area contributed by atoms with Gasteiger partial charge >= 0.3 is 0 Å². The number of hydrogen-bond acceptors (Lipinski definition) is 6. The summed E-state index contributed by atoms with van der Waals surface area (Å²) in [5.41, 5.74) is 0.635. The van der Waals surface area contributed by atoms with Crippen molar-refractivity contribution in [2.24, 2.45) is 0 Å². The van der Waals surface area contributed by atoms with Gasteiger partial charge in [-0.25, -0.2) is 0 Å². The second kappa shape index (κ2) is 5.84. The van der Waals surface area contributed by atoms with E-state index in [2.05, 4.69) is 10.1 Å². The SMILES string of the molecule is COc1ccc(C(=O)N2CC(c3nc(-c4ccco4)no3)C2)cc1. The number of furan rings is 1. The molecule has 122 valence electrons. The standard InChI is InChI=1S/C17H15N3O4/c1-22-13-6-4-11(5-7-13)17(21)20-9-12(10-20)16-18-15(19-24-16)14-3-2-8-23-14/h2-8,12H,9-10H2,1H3. The third kappa shape index (κ3) is 2.54. The van der Waals surface area contributed by atoms with Gasteiger partial charge in [0.1, 0.15) is 5.75 Å². The minimum absolute atomic E-state index is 0.0142. The maximum atomic E-state index is 12.4. The molecule has 0 saturated carbocycles. The molecule has 0 aliphatic carbocycles. The van der Waals surface area contributed by atoms with Crippen LogP contribution in [0.5, 0.6) is 5.75 Å². The van der Waals surface area contributed by atoms with Gasteiger partial charge in [0, 0.05) is 18.7 Å². The Hall–Kier alpha value is -3.09. The molecule has 0 bridgehead atoms. The minimum Gasteiger partial charge on any atom is -0.497 e. The Morgan fingerprint density at radius 1 is 1.25 bits per heavy atom. The minimum atomic E-state index is -0.0142. The number of likely N-dealkylation sites (tertiary alicyclic amines) is 1. The normalized spacial score (nSPS) is 14.5. The average molecular weight is 325 g/mol. The Morgan fingerprint density at radius 3 is 2.71 bits per heavy atom. The molecule has 7 heteroatoms. The molecule has 1 amide bonds. The molecule has 0 spiro atoms. The summed E-state index contributed by atoms with van der Waals surface area (Å²) in [5, 5.41) is 3.91. The van der Waals surface area contributed by atoms with Gasteiger partial charge in [-0.3, -0.25) is 4.79 Å². The fourth-order valence-corrected chi connectivity index (χ4v) is 2.62. The first kappa shape index (κ1) is 14.5. The summed E-state index contributed by atoms with van der Waals surface area (Å²) in [5.74, 6) is 2.29. The largest absolute Gasteiger partial charge is 0.497 e. The van der Waals surface area contributed by atoms with Crippen LogP contribution >= 0.6 is 0 Å². The number of carbonyl (C=O) groups excluding carboxylic acids is 1. The van der Waals surface area contributed by atoms with Crippen molar-refractivity contribution in [2.45, 2.75) is 5.92 Å². The van der Waals surface area contributed by atoms with Gasteiger partial charge < -0.3 is 18.6 Å². The maximum Gasteiger partial charge on any atom is 0.253 e. The lowest BCUT2D eigenvalue weighted by atomic mass is 9.98. The van der Waals surface area contributed by atoms with Crippen molar-refractivity contribution in [1.82, 2.24) is 15.0 Å². The van der Waals surface area contributed by atoms with Crippen LogP contribution in [0.4, 0.5) is 0 Å². The highest BCUT2D eigenvalue weighted by Gasteiger charge is 2.36. The van der Waals surface area contributed by atoms with Crippen molar-refractivity contribution in [3.63, 3.8) is 0 Å². The Labute approximate surface area is 137 Å². The highest BCUT2D eigenvalue weighted by atomic mass is 16.5. The lowest BCUT2D eigenvalue weighted by Crippen LogP contribution is -2.48. The van der Waals surface area contributed by atoms with Crippen LogP contribution in [0.2, 0.25) is 0 Å². The molecule has 1 saturated heterocycles. The molecule has 1 aliphatic rings. The molecule has 1 aromatic carbocycles. The number of aromatic nitrogens is 2. The van der Waals surface area contributed by atoms with Gasteiger partial charge in [0.2, 0.25) is 11.7 Å². The fourth-order valence-electron chi connectivity index (χ4n) is 2.62. The van der Waals surface area contributed by atoms with Gasteiger partial charge in [-0.1, -0.05) is 5.16 Å². The molecular weight excluding hydrogens is 310 g/mol. The summed E-state index contributed by atoms with van der Waals surface area (Å²) in [6.07, 6.45) is 1.56. The molecule has 24 heavy (non-hydrogen) atoms. The molecule has 3 heterocycles. The Bertz CT molecular complexity index is 833. The second-order valence-corrected chi connectivity index (χ2v) is 5.57. The monoisotopic (exact) mass is 325 g/mol. The predicted molar refractivity (Wildman–Crippen MR) is 83.6 cm³/mol. The number of amides is 1. The summed E-state index contributed by atoms with van der Waals surface area (Å²) in [6, 6.07) is 10.6. The number of hydrogen-bond donors (Lipinski definition) is 0. The fraction of sp³-hybridized carbons (Fsp3) is 0.235. The van der Waals surface area contributed by atoms with E-state index >= 15 is 0 Å². The van der Waals surface area contributed by atoms with Gasteiger partial charge in [-0.05, 0) is 36.4 Å². The molecule has 2 aromatic heterocycles.